The van der Waals surface area contributed by atoms with Crippen LogP contribution >= 0.6 is 0 Å². The van der Waals surface area contributed by atoms with Gasteiger partial charge >= 0.3 is 5.97 Å². The normalized spacial score (nSPS) is 16.8. The van der Waals surface area contributed by atoms with Gasteiger partial charge in [-0.05, 0) is 71.6 Å². The van der Waals surface area contributed by atoms with Crippen LogP contribution in [0.3, 0.4) is 0 Å². The third-order valence-electron chi connectivity index (χ3n) is 7.55. The van der Waals surface area contributed by atoms with Crippen LogP contribution in [0.5, 0.6) is 5.75 Å². The first kappa shape index (κ1) is 29.4. The SMILES string of the molecule is CC(C)c1cc(OC(=O)c2ccc(C3CCCCCCCCCCC3)cc2)cc(C(C)C)c1S(=O)(=O)[O-]. The Morgan fingerprint density at radius 1 is 0.784 bits per heavy atom. The van der Waals surface area contributed by atoms with Crippen LogP contribution in [0.1, 0.15) is 143 Å². The molecule has 2 aromatic carbocycles. The van der Waals surface area contributed by atoms with E-state index in [0.29, 0.717) is 22.6 Å². The highest BCUT2D eigenvalue weighted by Gasteiger charge is 2.22. The van der Waals surface area contributed by atoms with Crippen LogP contribution in [0.4, 0.5) is 0 Å². The zero-order valence-corrected chi connectivity index (χ0v) is 23.7. The van der Waals surface area contributed by atoms with E-state index in [9.17, 15) is 17.8 Å². The van der Waals surface area contributed by atoms with Gasteiger partial charge in [0.05, 0.1) is 10.5 Å². The van der Waals surface area contributed by atoms with Crippen LogP contribution in [0.25, 0.3) is 0 Å². The van der Waals surface area contributed by atoms with Gasteiger partial charge in [0.1, 0.15) is 15.9 Å². The third kappa shape index (κ3) is 8.41. The Bertz CT molecular complexity index is 1090. The molecule has 1 fully saturated rings. The Morgan fingerprint density at radius 2 is 1.22 bits per heavy atom. The van der Waals surface area contributed by atoms with Gasteiger partial charge in [0, 0.05) is 0 Å². The summed E-state index contributed by atoms with van der Waals surface area (Å²) in [6.07, 6.45) is 14.2. The summed E-state index contributed by atoms with van der Waals surface area (Å²) < 4.78 is 41.8. The molecule has 3 rings (SSSR count). The van der Waals surface area contributed by atoms with E-state index in [4.69, 9.17) is 4.74 Å². The predicted octanol–water partition coefficient (Wildman–Crippen LogP) is 8.45. The summed E-state index contributed by atoms with van der Waals surface area (Å²) in [5.74, 6) is -0.158. The lowest BCUT2D eigenvalue weighted by Crippen LogP contribution is -2.13. The fraction of sp³-hybridized carbons (Fsp3) is 0.581. The number of hydrogen-bond donors (Lipinski definition) is 0. The quantitative estimate of drug-likeness (QED) is 0.214. The fourth-order valence-electron chi connectivity index (χ4n) is 5.41. The third-order valence-corrected chi connectivity index (χ3v) is 8.52. The maximum Gasteiger partial charge on any atom is 0.343 e. The summed E-state index contributed by atoms with van der Waals surface area (Å²) in [4.78, 5) is 12.8. The summed E-state index contributed by atoms with van der Waals surface area (Å²) >= 11 is 0. The standard InChI is InChI=1S/C31H44O5S/c1-22(2)28-20-27(21-29(23(3)4)30(28)37(33,34)35)36-31(32)26-18-16-25(17-19-26)24-14-12-10-8-6-5-7-9-11-13-15-24/h16-24H,5-15H2,1-4H3,(H,33,34,35)/p-1. The molecule has 0 aromatic heterocycles. The van der Waals surface area contributed by atoms with Crippen molar-refractivity contribution in [1.82, 2.24) is 0 Å². The second-order valence-corrected chi connectivity index (χ2v) is 12.5. The number of esters is 1. The molecule has 1 aliphatic rings. The van der Waals surface area contributed by atoms with Gasteiger partial charge in [-0.1, -0.05) is 97.6 Å². The molecule has 1 aliphatic carbocycles. The lowest BCUT2D eigenvalue weighted by molar-refractivity contribution is 0.0734. The molecule has 0 heterocycles. The first-order valence-electron chi connectivity index (χ1n) is 14.0. The zero-order chi connectivity index (χ0) is 27.0. The summed E-state index contributed by atoms with van der Waals surface area (Å²) in [6.45, 7) is 7.28. The average molecular weight is 528 g/mol. The van der Waals surface area contributed by atoms with E-state index in [0.717, 1.165) is 0 Å². The Hall–Kier alpha value is -2.18. The molecule has 0 saturated heterocycles. The van der Waals surface area contributed by atoms with Crippen molar-refractivity contribution in [2.24, 2.45) is 0 Å². The van der Waals surface area contributed by atoms with Gasteiger partial charge in [-0.15, -0.1) is 0 Å². The number of ether oxygens (including phenoxy) is 1. The minimum atomic E-state index is -4.67. The van der Waals surface area contributed by atoms with Crippen molar-refractivity contribution in [3.05, 3.63) is 58.7 Å². The van der Waals surface area contributed by atoms with E-state index in [1.807, 2.05) is 39.8 Å². The van der Waals surface area contributed by atoms with Crippen LogP contribution in [0.2, 0.25) is 0 Å². The van der Waals surface area contributed by atoms with Crippen molar-refractivity contribution in [3.8, 4) is 5.75 Å². The largest absolute Gasteiger partial charge is 0.744 e. The molecule has 1 saturated carbocycles. The van der Waals surface area contributed by atoms with Crippen LogP contribution in [0.15, 0.2) is 41.3 Å². The van der Waals surface area contributed by atoms with E-state index >= 15 is 0 Å². The smallest absolute Gasteiger partial charge is 0.343 e. The van der Waals surface area contributed by atoms with E-state index < -0.39 is 16.1 Å². The van der Waals surface area contributed by atoms with Crippen molar-refractivity contribution in [3.63, 3.8) is 0 Å². The van der Waals surface area contributed by atoms with Gasteiger partial charge in [0.25, 0.3) is 0 Å². The van der Waals surface area contributed by atoms with Gasteiger partial charge in [0.15, 0.2) is 0 Å². The Morgan fingerprint density at radius 3 is 1.62 bits per heavy atom. The highest BCUT2D eigenvalue weighted by atomic mass is 32.2. The molecule has 37 heavy (non-hydrogen) atoms. The Kier molecular flexibility index (Phi) is 10.8. The molecular weight excluding hydrogens is 484 g/mol. The highest BCUT2D eigenvalue weighted by molar-refractivity contribution is 7.85. The molecule has 0 amide bonds. The first-order chi connectivity index (χ1) is 17.6. The molecule has 0 unspecified atom stereocenters. The lowest BCUT2D eigenvalue weighted by atomic mass is 9.87. The maximum absolute atomic E-state index is 13.0. The molecular formula is C31H43O5S-. The molecule has 6 heteroatoms. The van der Waals surface area contributed by atoms with E-state index in [1.165, 1.54) is 88.3 Å². The second kappa shape index (κ2) is 13.6. The van der Waals surface area contributed by atoms with Gasteiger partial charge < -0.3 is 9.29 Å². The molecule has 204 valence electrons. The van der Waals surface area contributed by atoms with Crippen molar-refractivity contribution in [2.45, 2.75) is 121 Å². The molecule has 2 aromatic rings. The second-order valence-electron chi connectivity index (χ2n) is 11.2. The average Bonchev–Trinajstić information content (AvgIpc) is 2.83. The van der Waals surface area contributed by atoms with Crippen LogP contribution < -0.4 is 4.74 Å². The molecule has 0 aliphatic heterocycles. The highest BCUT2D eigenvalue weighted by Crippen LogP contribution is 2.36. The number of hydrogen-bond acceptors (Lipinski definition) is 5. The van der Waals surface area contributed by atoms with Gasteiger partial charge in [-0.25, -0.2) is 13.2 Å². The van der Waals surface area contributed by atoms with Crippen LogP contribution in [-0.2, 0) is 10.1 Å². The summed E-state index contributed by atoms with van der Waals surface area (Å²) in [5.41, 5.74) is 2.49. The molecule has 0 N–H and O–H groups in total. The molecule has 0 bridgehead atoms. The molecule has 5 nitrogen and oxygen atoms in total. The topological polar surface area (TPSA) is 83.5 Å². The number of carbonyl (C=O) groups is 1. The van der Waals surface area contributed by atoms with Crippen molar-refractivity contribution < 1.29 is 22.5 Å². The molecule has 0 radical (unpaired) electrons. The van der Waals surface area contributed by atoms with Gasteiger partial charge in [0.2, 0.25) is 0 Å². The number of rotatable bonds is 6. The minimum Gasteiger partial charge on any atom is -0.744 e. The molecule has 0 atom stereocenters. The first-order valence-corrected chi connectivity index (χ1v) is 15.4. The number of benzene rings is 2. The van der Waals surface area contributed by atoms with Crippen molar-refractivity contribution >= 4 is 16.1 Å². The Balaban J connectivity index is 1.78. The van der Waals surface area contributed by atoms with Gasteiger partial charge in [-0.3, -0.25) is 0 Å². The van der Waals surface area contributed by atoms with Crippen LogP contribution in [-0.4, -0.2) is 18.9 Å². The predicted molar refractivity (Wildman–Crippen MR) is 148 cm³/mol. The molecule has 0 spiro atoms. The van der Waals surface area contributed by atoms with E-state index in [2.05, 4.69) is 12.1 Å². The van der Waals surface area contributed by atoms with Crippen LogP contribution in [0, 0.1) is 0 Å². The monoisotopic (exact) mass is 527 g/mol. The van der Waals surface area contributed by atoms with E-state index in [-0.39, 0.29) is 22.5 Å². The van der Waals surface area contributed by atoms with E-state index in [1.54, 1.807) is 0 Å². The van der Waals surface area contributed by atoms with Gasteiger partial charge in [-0.2, -0.15) is 0 Å². The summed E-state index contributed by atoms with van der Waals surface area (Å²) in [7, 11) is -4.67. The minimum absolute atomic E-state index is 0.196. The maximum atomic E-state index is 13.0. The summed E-state index contributed by atoms with van der Waals surface area (Å²) in [6, 6.07) is 10.8. The van der Waals surface area contributed by atoms with Crippen molar-refractivity contribution in [1.29, 1.82) is 0 Å². The zero-order valence-electron chi connectivity index (χ0n) is 22.9. The lowest BCUT2D eigenvalue weighted by Gasteiger charge is -2.23. The van der Waals surface area contributed by atoms with Crippen molar-refractivity contribution in [2.75, 3.05) is 0 Å². The summed E-state index contributed by atoms with van der Waals surface area (Å²) in [5, 5.41) is 0. The Labute approximate surface area is 223 Å². The fourth-order valence-corrected chi connectivity index (χ4v) is 6.57. The number of carbonyl (C=O) groups excluding carboxylic acids is 1.